The van der Waals surface area contributed by atoms with Crippen molar-refractivity contribution in [2.45, 2.75) is 44.9 Å². The van der Waals surface area contributed by atoms with Crippen LogP contribution >= 0.6 is 11.3 Å². The van der Waals surface area contributed by atoms with Crippen molar-refractivity contribution in [1.29, 1.82) is 0 Å². The molecule has 0 amide bonds. The number of aromatic nitrogens is 3. The number of carboxylic acids is 1. The third kappa shape index (κ3) is 6.32. The number of thiazole rings is 1. The number of aliphatic carboxylic acids is 1. The molecule has 43 heavy (non-hydrogen) atoms. The van der Waals surface area contributed by atoms with Crippen molar-refractivity contribution in [3.05, 3.63) is 71.4 Å². The van der Waals surface area contributed by atoms with Gasteiger partial charge in [0.25, 0.3) is 0 Å². The van der Waals surface area contributed by atoms with Crippen LogP contribution in [-0.4, -0.2) is 38.2 Å². The van der Waals surface area contributed by atoms with E-state index >= 15 is 0 Å². The number of nitrogens with zero attached hydrogens (tertiary/aromatic N) is 3. The molecule has 2 unspecified atom stereocenters. The smallest absolute Gasteiger partial charge is 0.433 e. The Kier molecular flexibility index (Phi) is 7.90. The average molecular weight is 617 g/mol. The standard InChI is InChI=1S/C30H28F4N4O4S/c1-28(2)15-29(41,8-6-20(28)25(39)40)26-36-14-23(43-26)18-10-17(16-4-5-22(42-3)21(31)13-16)11-19(12-18)37-27-35-9-7-24(38-27)30(32,33)34/h4-5,7,9-14,20,41H,6,8,15H2,1-3H3,(H,39,40)(H,35,37,38). The van der Waals surface area contributed by atoms with Crippen molar-refractivity contribution in [2.75, 3.05) is 12.4 Å². The lowest BCUT2D eigenvalue weighted by Crippen LogP contribution is -2.44. The number of hydrogen-bond acceptors (Lipinski definition) is 8. The van der Waals surface area contributed by atoms with Gasteiger partial charge in [0.05, 0.1) is 17.9 Å². The molecule has 1 aliphatic rings. The van der Waals surface area contributed by atoms with Crippen molar-refractivity contribution in [1.82, 2.24) is 15.0 Å². The third-order valence-corrected chi connectivity index (χ3v) is 8.88. The molecule has 2 aromatic carbocycles. The Morgan fingerprint density at radius 2 is 1.84 bits per heavy atom. The Bertz CT molecular complexity index is 1680. The Hall–Kier alpha value is -4.10. The first kappa shape index (κ1) is 30.4. The summed E-state index contributed by atoms with van der Waals surface area (Å²) in [6.07, 6.45) is -1.37. The van der Waals surface area contributed by atoms with E-state index in [-0.39, 0.29) is 31.0 Å². The molecule has 4 aromatic rings. The number of carboxylic acid groups (broad SMARTS) is 1. The van der Waals surface area contributed by atoms with Crippen LogP contribution in [-0.2, 0) is 16.6 Å². The Balaban J connectivity index is 1.54. The van der Waals surface area contributed by atoms with E-state index in [9.17, 15) is 32.6 Å². The number of aliphatic hydroxyl groups is 1. The number of hydrogen-bond donors (Lipinski definition) is 3. The highest BCUT2D eigenvalue weighted by Gasteiger charge is 2.49. The summed E-state index contributed by atoms with van der Waals surface area (Å²) in [5.41, 5.74) is -1.18. The molecule has 1 saturated carbocycles. The lowest BCUT2D eigenvalue weighted by molar-refractivity contribution is -0.154. The van der Waals surface area contributed by atoms with E-state index in [1.165, 1.54) is 30.6 Å². The largest absolute Gasteiger partial charge is 0.494 e. The second-order valence-corrected chi connectivity index (χ2v) is 12.2. The van der Waals surface area contributed by atoms with E-state index in [2.05, 4.69) is 20.3 Å². The summed E-state index contributed by atoms with van der Waals surface area (Å²) in [4.78, 5) is 24.4. The van der Waals surface area contributed by atoms with Crippen LogP contribution in [0.4, 0.5) is 29.2 Å². The van der Waals surface area contributed by atoms with E-state index in [0.717, 1.165) is 12.3 Å². The van der Waals surface area contributed by atoms with Crippen LogP contribution in [0.2, 0.25) is 0 Å². The Morgan fingerprint density at radius 1 is 1.09 bits per heavy atom. The van der Waals surface area contributed by atoms with Gasteiger partial charge in [0.1, 0.15) is 16.3 Å². The molecule has 2 atom stereocenters. The van der Waals surface area contributed by atoms with Gasteiger partial charge in [-0.05, 0) is 77.8 Å². The van der Waals surface area contributed by atoms with Gasteiger partial charge in [-0.3, -0.25) is 4.79 Å². The van der Waals surface area contributed by atoms with Crippen LogP contribution in [0.25, 0.3) is 21.6 Å². The van der Waals surface area contributed by atoms with Crippen LogP contribution in [0.15, 0.2) is 54.9 Å². The first-order chi connectivity index (χ1) is 20.2. The number of alkyl halides is 3. The molecule has 0 saturated heterocycles. The molecule has 0 bridgehead atoms. The van der Waals surface area contributed by atoms with E-state index in [1.807, 2.05) is 13.8 Å². The fourth-order valence-electron chi connectivity index (χ4n) is 5.56. The van der Waals surface area contributed by atoms with Gasteiger partial charge in [-0.15, -0.1) is 11.3 Å². The zero-order valence-electron chi connectivity index (χ0n) is 23.4. The van der Waals surface area contributed by atoms with Gasteiger partial charge in [-0.25, -0.2) is 19.3 Å². The summed E-state index contributed by atoms with van der Waals surface area (Å²) in [7, 11) is 1.35. The zero-order chi connectivity index (χ0) is 31.2. The maximum Gasteiger partial charge on any atom is 0.433 e. The first-order valence-electron chi connectivity index (χ1n) is 13.3. The average Bonchev–Trinajstić information content (AvgIpc) is 3.43. The van der Waals surface area contributed by atoms with E-state index < -0.39 is 40.6 Å². The minimum Gasteiger partial charge on any atom is -0.494 e. The van der Waals surface area contributed by atoms with E-state index in [1.54, 1.807) is 30.5 Å². The first-order valence-corrected chi connectivity index (χ1v) is 14.1. The molecular formula is C30H28F4N4O4S. The topological polar surface area (TPSA) is 117 Å². The molecular weight excluding hydrogens is 588 g/mol. The lowest BCUT2D eigenvalue weighted by Gasteiger charge is -2.44. The van der Waals surface area contributed by atoms with Gasteiger partial charge in [0, 0.05) is 18.1 Å². The number of anilines is 2. The summed E-state index contributed by atoms with van der Waals surface area (Å²) in [5.74, 6) is -2.32. The molecule has 8 nitrogen and oxygen atoms in total. The maximum atomic E-state index is 14.6. The fraction of sp³-hybridized carbons (Fsp3) is 0.333. The number of methoxy groups -OCH3 is 1. The summed E-state index contributed by atoms with van der Waals surface area (Å²) < 4.78 is 59.4. The van der Waals surface area contributed by atoms with Crippen LogP contribution in [0.1, 0.15) is 43.8 Å². The lowest BCUT2D eigenvalue weighted by atomic mass is 9.63. The predicted octanol–water partition coefficient (Wildman–Crippen LogP) is 7.28. The molecule has 13 heteroatoms. The second-order valence-electron chi connectivity index (χ2n) is 11.2. The summed E-state index contributed by atoms with van der Waals surface area (Å²) in [5, 5.41) is 24.4. The summed E-state index contributed by atoms with van der Waals surface area (Å²) in [6.45, 7) is 3.63. The number of carbonyl (C=O) groups is 1. The molecule has 1 fully saturated rings. The minimum absolute atomic E-state index is 0.0523. The quantitative estimate of drug-likeness (QED) is 0.186. The van der Waals surface area contributed by atoms with E-state index in [4.69, 9.17) is 4.74 Å². The molecule has 3 N–H and O–H groups in total. The number of rotatable bonds is 7. The van der Waals surface area contributed by atoms with Gasteiger partial charge in [-0.2, -0.15) is 13.2 Å². The molecule has 0 aliphatic heterocycles. The molecule has 5 rings (SSSR count). The van der Waals surface area contributed by atoms with Crippen LogP contribution in [0.3, 0.4) is 0 Å². The van der Waals surface area contributed by atoms with Crippen LogP contribution < -0.4 is 10.1 Å². The molecule has 226 valence electrons. The summed E-state index contributed by atoms with van der Waals surface area (Å²) >= 11 is 1.23. The number of ether oxygens (including phenoxy) is 1. The minimum atomic E-state index is -4.66. The van der Waals surface area contributed by atoms with Crippen molar-refractivity contribution in [2.24, 2.45) is 11.3 Å². The molecule has 0 spiro atoms. The number of nitrogens with one attached hydrogen (secondary N) is 1. The normalized spacial score (nSPS) is 20.0. The maximum absolute atomic E-state index is 14.6. The predicted molar refractivity (Wildman–Crippen MR) is 152 cm³/mol. The van der Waals surface area contributed by atoms with Crippen molar-refractivity contribution in [3.63, 3.8) is 0 Å². The third-order valence-electron chi connectivity index (χ3n) is 7.64. The highest BCUT2D eigenvalue weighted by Crippen LogP contribution is 2.51. The number of benzene rings is 2. The SMILES string of the molecule is COc1ccc(-c2cc(Nc3nccc(C(F)(F)F)n3)cc(-c3cnc(C4(O)CCC(C(=O)O)C(C)(C)C4)s3)c2)cc1F. The van der Waals surface area contributed by atoms with Gasteiger partial charge in [0.15, 0.2) is 11.6 Å². The molecule has 1 aliphatic carbocycles. The van der Waals surface area contributed by atoms with Gasteiger partial charge in [0.2, 0.25) is 5.95 Å². The van der Waals surface area contributed by atoms with Crippen molar-refractivity contribution < 1.29 is 37.3 Å². The van der Waals surface area contributed by atoms with Gasteiger partial charge in [-0.1, -0.05) is 19.9 Å². The Labute approximate surface area is 248 Å². The van der Waals surface area contributed by atoms with Crippen LogP contribution in [0, 0.1) is 17.2 Å². The molecule has 0 radical (unpaired) electrons. The zero-order valence-corrected chi connectivity index (χ0v) is 24.2. The van der Waals surface area contributed by atoms with E-state index in [0.29, 0.717) is 32.3 Å². The molecule has 2 aromatic heterocycles. The van der Waals surface area contributed by atoms with Crippen LogP contribution in [0.5, 0.6) is 5.75 Å². The molecule has 2 heterocycles. The monoisotopic (exact) mass is 616 g/mol. The number of halogens is 4. The van der Waals surface area contributed by atoms with Crippen molar-refractivity contribution >= 4 is 28.9 Å². The Morgan fingerprint density at radius 3 is 2.49 bits per heavy atom. The highest BCUT2D eigenvalue weighted by atomic mass is 32.1. The fourth-order valence-corrected chi connectivity index (χ4v) is 6.58. The van der Waals surface area contributed by atoms with Gasteiger partial charge < -0.3 is 20.3 Å². The second kappa shape index (κ2) is 11.2. The van der Waals surface area contributed by atoms with Gasteiger partial charge >= 0.3 is 12.1 Å². The highest BCUT2D eigenvalue weighted by molar-refractivity contribution is 7.15. The summed E-state index contributed by atoms with van der Waals surface area (Å²) in [6, 6.07) is 10.2. The van der Waals surface area contributed by atoms with Crippen molar-refractivity contribution in [3.8, 4) is 27.3 Å².